The van der Waals surface area contributed by atoms with Crippen molar-refractivity contribution in [2.24, 2.45) is 0 Å². The average molecular weight is 260 g/mol. The van der Waals surface area contributed by atoms with Crippen LogP contribution in [0.3, 0.4) is 0 Å². The number of ketones is 1. The smallest absolute Gasteiger partial charge is 0.143 e. The third-order valence-corrected chi connectivity index (χ3v) is 4.07. The molecule has 0 amide bonds. The fraction of sp³-hybridized carbons (Fsp3) is 0.562. The van der Waals surface area contributed by atoms with E-state index in [1.54, 1.807) is 6.92 Å². The van der Waals surface area contributed by atoms with Crippen LogP contribution in [0.15, 0.2) is 18.2 Å². The van der Waals surface area contributed by atoms with E-state index in [0.717, 1.165) is 13.0 Å². The Kier molecular flexibility index (Phi) is 4.25. The highest BCUT2D eigenvalue weighted by molar-refractivity contribution is 5.77. The molecule has 1 aliphatic heterocycles. The lowest BCUT2D eigenvalue weighted by Crippen LogP contribution is -2.28. The van der Waals surface area contributed by atoms with Gasteiger partial charge < -0.3 is 4.90 Å². The Labute approximate surface area is 116 Å². The van der Waals surface area contributed by atoms with E-state index in [1.807, 2.05) is 7.05 Å². The molecule has 104 valence electrons. The third kappa shape index (κ3) is 3.16. The summed E-state index contributed by atoms with van der Waals surface area (Å²) in [6.07, 6.45) is 2.39. The second-order valence-corrected chi connectivity index (χ2v) is 5.71. The van der Waals surface area contributed by atoms with Gasteiger partial charge in [-0.05, 0) is 50.9 Å². The Hall–Kier alpha value is -1.35. The van der Waals surface area contributed by atoms with Gasteiger partial charge in [0.1, 0.15) is 5.78 Å². The SMILES string of the molecule is CC(=O)CN(C)C(C)c1ccc2c(c1)CCCN2C. The van der Waals surface area contributed by atoms with Crippen molar-refractivity contribution in [1.82, 2.24) is 4.90 Å². The van der Waals surface area contributed by atoms with Crippen molar-refractivity contribution in [1.29, 1.82) is 0 Å². The first-order chi connectivity index (χ1) is 8.99. The molecule has 1 unspecified atom stereocenters. The minimum atomic E-state index is 0.215. The van der Waals surface area contributed by atoms with Gasteiger partial charge in [-0.1, -0.05) is 12.1 Å². The minimum absolute atomic E-state index is 0.215. The van der Waals surface area contributed by atoms with Gasteiger partial charge in [0.2, 0.25) is 0 Å². The number of Topliss-reactive ketones (excluding diaryl/α,β-unsaturated/α-hetero) is 1. The predicted octanol–water partition coefficient (Wildman–Crippen LogP) is 2.65. The maximum absolute atomic E-state index is 11.2. The fourth-order valence-electron chi connectivity index (χ4n) is 2.81. The number of anilines is 1. The van der Waals surface area contributed by atoms with Gasteiger partial charge in [0.25, 0.3) is 0 Å². The van der Waals surface area contributed by atoms with Crippen LogP contribution in [-0.2, 0) is 11.2 Å². The molecular formula is C16H24N2O. The maximum atomic E-state index is 11.2. The molecule has 1 heterocycles. The summed E-state index contributed by atoms with van der Waals surface area (Å²) in [6, 6.07) is 7.01. The quantitative estimate of drug-likeness (QED) is 0.831. The van der Waals surface area contributed by atoms with Crippen molar-refractivity contribution in [3.8, 4) is 0 Å². The summed E-state index contributed by atoms with van der Waals surface area (Å²) < 4.78 is 0. The van der Waals surface area contributed by atoms with Gasteiger partial charge in [0.05, 0.1) is 6.54 Å². The number of carbonyl (C=O) groups is 1. The summed E-state index contributed by atoms with van der Waals surface area (Å²) in [5.74, 6) is 0.215. The van der Waals surface area contributed by atoms with Gasteiger partial charge in [-0.15, -0.1) is 0 Å². The number of carbonyl (C=O) groups excluding carboxylic acids is 1. The Morgan fingerprint density at radius 3 is 2.89 bits per heavy atom. The van der Waals surface area contributed by atoms with Crippen LogP contribution >= 0.6 is 0 Å². The standard InChI is InChI=1S/C16H24N2O/c1-12(19)11-18(4)13(2)14-7-8-16-15(10-14)6-5-9-17(16)3/h7-8,10,13H,5-6,9,11H2,1-4H3. The van der Waals surface area contributed by atoms with Crippen LogP contribution < -0.4 is 4.90 Å². The van der Waals surface area contributed by atoms with Crippen molar-refractivity contribution < 1.29 is 4.79 Å². The Bertz CT molecular complexity index is 470. The molecule has 0 radical (unpaired) electrons. The molecule has 1 atom stereocenters. The molecule has 0 aliphatic carbocycles. The first kappa shape index (κ1) is 14.1. The van der Waals surface area contributed by atoms with Crippen LogP contribution in [0.1, 0.15) is 37.4 Å². The molecule has 3 heteroatoms. The third-order valence-electron chi connectivity index (χ3n) is 4.07. The number of fused-ring (bicyclic) bond motifs is 1. The highest BCUT2D eigenvalue weighted by Crippen LogP contribution is 2.30. The van der Waals surface area contributed by atoms with Crippen LogP contribution in [0.25, 0.3) is 0 Å². The number of aryl methyl sites for hydroxylation is 1. The molecule has 1 aromatic rings. The van der Waals surface area contributed by atoms with Crippen molar-refractivity contribution >= 4 is 11.5 Å². The molecule has 1 aliphatic rings. The number of nitrogens with zero attached hydrogens (tertiary/aromatic N) is 2. The molecule has 0 saturated heterocycles. The molecule has 0 fully saturated rings. The van der Waals surface area contributed by atoms with E-state index in [2.05, 4.69) is 42.0 Å². The molecular weight excluding hydrogens is 236 g/mol. The van der Waals surface area contributed by atoms with Gasteiger partial charge in [0, 0.05) is 25.3 Å². The van der Waals surface area contributed by atoms with Crippen LogP contribution in [-0.4, -0.2) is 37.9 Å². The minimum Gasteiger partial charge on any atom is -0.374 e. The van der Waals surface area contributed by atoms with Crippen molar-refractivity contribution in [2.75, 3.05) is 32.1 Å². The number of hydrogen-bond donors (Lipinski definition) is 0. The number of hydrogen-bond acceptors (Lipinski definition) is 3. The second-order valence-electron chi connectivity index (χ2n) is 5.71. The first-order valence-electron chi connectivity index (χ1n) is 7.02. The molecule has 0 bridgehead atoms. The zero-order valence-corrected chi connectivity index (χ0v) is 12.4. The molecule has 19 heavy (non-hydrogen) atoms. The van der Waals surface area contributed by atoms with E-state index in [4.69, 9.17) is 0 Å². The molecule has 2 rings (SSSR count). The Morgan fingerprint density at radius 1 is 1.47 bits per heavy atom. The largest absolute Gasteiger partial charge is 0.374 e. The zero-order valence-electron chi connectivity index (χ0n) is 12.4. The topological polar surface area (TPSA) is 23.6 Å². The number of rotatable bonds is 4. The molecule has 0 aromatic heterocycles. The van der Waals surface area contributed by atoms with Gasteiger partial charge in [-0.2, -0.15) is 0 Å². The Morgan fingerprint density at radius 2 is 2.21 bits per heavy atom. The van der Waals surface area contributed by atoms with E-state index in [9.17, 15) is 4.79 Å². The second kappa shape index (κ2) is 5.74. The molecule has 0 N–H and O–H groups in total. The number of likely N-dealkylation sites (N-methyl/N-ethyl adjacent to an activating group) is 1. The van der Waals surface area contributed by atoms with E-state index >= 15 is 0 Å². The lowest BCUT2D eigenvalue weighted by Gasteiger charge is -2.30. The highest BCUT2D eigenvalue weighted by Gasteiger charge is 2.17. The van der Waals surface area contributed by atoms with Crippen molar-refractivity contribution in [2.45, 2.75) is 32.7 Å². The van der Waals surface area contributed by atoms with Gasteiger partial charge in [-0.25, -0.2) is 0 Å². The average Bonchev–Trinajstić information content (AvgIpc) is 2.37. The van der Waals surface area contributed by atoms with Gasteiger partial charge in [-0.3, -0.25) is 9.69 Å². The lowest BCUT2D eigenvalue weighted by molar-refractivity contribution is -0.118. The van der Waals surface area contributed by atoms with E-state index in [1.165, 1.54) is 23.2 Å². The van der Waals surface area contributed by atoms with E-state index in [-0.39, 0.29) is 11.8 Å². The highest BCUT2D eigenvalue weighted by atomic mass is 16.1. The zero-order chi connectivity index (χ0) is 14.0. The monoisotopic (exact) mass is 260 g/mol. The van der Waals surface area contributed by atoms with Gasteiger partial charge in [0.15, 0.2) is 0 Å². The lowest BCUT2D eigenvalue weighted by atomic mass is 9.96. The van der Waals surface area contributed by atoms with Crippen molar-refractivity contribution in [3.63, 3.8) is 0 Å². The molecule has 0 saturated carbocycles. The van der Waals surface area contributed by atoms with Gasteiger partial charge >= 0.3 is 0 Å². The molecule has 1 aromatic carbocycles. The Balaban J connectivity index is 2.19. The number of benzene rings is 1. The van der Waals surface area contributed by atoms with E-state index < -0.39 is 0 Å². The maximum Gasteiger partial charge on any atom is 0.143 e. The van der Waals surface area contributed by atoms with Crippen LogP contribution in [0.5, 0.6) is 0 Å². The summed E-state index contributed by atoms with van der Waals surface area (Å²) in [7, 11) is 4.17. The molecule has 3 nitrogen and oxygen atoms in total. The predicted molar refractivity (Wildman–Crippen MR) is 79.8 cm³/mol. The van der Waals surface area contributed by atoms with Crippen LogP contribution in [0, 0.1) is 0 Å². The summed E-state index contributed by atoms with van der Waals surface area (Å²) >= 11 is 0. The normalized spacial score (nSPS) is 16.4. The van der Waals surface area contributed by atoms with E-state index in [0.29, 0.717) is 6.54 Å². The summed E-state index contributed by atoms with van der Waals surface area (Å²) in [6.45, 7) is 5.46. The van der Waals surface area contributed by atoms with Crippen LogP contribution in [0.2, 0.25) is 0 Å². The molecule has 0 spiro atoms. The van der Waals surface area contributed by atoms with Crippen molar-refractivity contribution in [3.05, 3.63) is 29.3 Å². The fourth-order valence-corrected chi connectivity index (χ4v) is 2.81. The van der Waals surface area contributed by atoms with Crippen LogP contribution in [0.4, 0.5) is 5.69 Å². The summed E-state index contributed by atoms with van der Waals surface area (Å²) in [5, 5.41) is 0. The summed E-state index contributed by atoms with van der Waals surface area (Å²) in [5.41, 5.74) is 4.10. The summed E-state index contributed by atoms with van der Waals surface area (Å²) in [4.78, 5) is 15.7. The first-order valence-corrected chi connectivity index (χ1v) is 7.02.